The van der Waals surface area contributed by atoms with Crippen LogP contribution >= 0.6 is 0 Å². The van der Waals surface area contributed by atoms with Gasteiger partial charge in [-0.25, -0.2) is 4.39 Å². The van der Waals surface area contributed by atoms with Crippen LogP contribution in [0.4, 0.5) is 4.39 Å². The van der Waals surface area contributed by atoms with Gasteiger partial charge in [-0.05, 0) is 19.4 Å². The summed E-state index contributed by atoms with van der Waals surface area (Å²) in [5.41, 5.74) is -1.75. The molecule has 1 aliphatic heterocycles. The molecule has 0 bridgehead atoms. The van der Waals surface area contributed by atoms with Gasteiger partial charge in [-0.1, -0.05) is 6.42 Å². The van der Waals surface area contributed by atoms with Crippen LogP contribution in [0.25, 0.3) is 0 Å². The van der Waals surface area contributed by atoms with Gasteiger partial charge < -0.3 is 15.7 Å². The lowest BCUT2D eigenvalue weighted by molar-refractivity contribution is -0.132. The second kappa shape index (κ2) is 4.67. The Balaban J connectivity index is 1.79. The summed E-state index contributed by atoms with van der Waals surface area (Å²) in [5.74, 6) is -0.432. The van der Waals surface area contributed by atoms with Crippen molar-refractivity contribution in [2.24, 2.45) is 5.92 Å². The van der Waals surface area contributed by atoms with Crippen molar-refractivity contribution in [3.05, 3.63) is 0 Å². The molecular weight excluding hydrogens is 211 g/mol. The van der Waals surface area contributed by atoms with Crippen LogP contribution in [0, 0.1) is 5.92 Å². The first-order chi connectivity index (χ1) is 7.62. The Labute approximate surface area is 94.6 Å². The highest BCUT2D eigenvalue weighted by atomic mass is 19.1. The van der Waals surface area contributed by atoms with Gasteiger partial charge in [0.15, 0.2) is 0 Å². The van der Waals surface area contributed by atoms with E-state index in [9.17, 15) is 14.3 Å². The molecule has 1 saturated heterocycles. The lowest BCUT2D eigenvalue weighted by atomic mass is 10.0. The Bertz CT molecular complexity index is 267. The average molecular weight is 230 g/mol. The minimum Gasteiger partial charge on any atom is -0.393 e. The van der Waals surface area contributed by atoms with E-state index in [0.29, 0.717) is 13.1 Å². The van der Waals surface area contributed by atoms with Crippen molar-refractivity contribution in [1.82, 2.24) is 10.6 Å². The summed E-state index contributed by atoms with van der Waals surface area (Å²) >= 11 is 0. The fraction of sp³-hybridized carbons (Fsp3) is 0.909. The number of hydrogen-bond acceptors (Lipinski definition) is 3. The highest BCUT2D eigenvalue weighted by Gasteiger charge is 2.41. The van der Waals surface area contributed by atoms with Gasteiger partial charge in [-0.15, -0.1) is 0 Å². The molecule has 1 heterocycles. The molecule has 0 spiro atoms. The Morgan fingerprint density at radius 3 is 2.94 bits per heavy atom. The van der Waals surface area contributed by atoms with Crippen molar-refractivity contribution in [2.75, 3.05) is 19.6 Å². The number of alkyl halides is 1. The maximum absolute atomic E-state index is 13.9. The van der Waals surface area contributed by atoms with Crippen molar-refractivity contribution < 1.29 is 14.3 Å². The predicted molar refractivity (Wildman–Crippen MR) is 57.7 cm³/mol. The second-order valence-corrected chi connectivity index (χ2v) is 4.86. The van der Waals surface area contributed by atoms with Gasteiger partial charge in [0.05, 0.1) is 6.10 Å². The number of nitrogens with one attached hydrogen (secondary N) is 2. The topological polar surface area (TPSA) is 61.4 Å². The van der Waals surface area contributed by atoms with Crippen LogP contribution < -0.4 is 10.6 Å². The van der Waals surface area contributed by atoms with Crippen LogP contribution in [-0.2, 0) is 4.79 Å². The Morgan fingerprint density at radius 1 is 1.56 bits per heavy atom. The number of carbonyl (C=O) groups excluding carboxylic acids is 1. The van der Waals surface area contributed by atoms with Gasteiger partial charge in [0.25, 0.3) is 5.91 Å². The molecule has 92 valence electrons. The quantitative estimate of drug-likeness (QED) is 0.638. The van der Waals surface area contributed by atoms with Crippen molar-refractivity contribution >= 4 is 5.91 Å². The second-order valence-electron chi connectivity index (χ2n) is 4.86. The molecule has 3 unspecified atom stereocenters. The summed E-state index contributed by atoms with van der Waals surface area (Å²) < 4.78 is 13.9. The van der Waals surface area contributed by atoms with Gasteiger partial charge in [-0.2, -0.15) is 0 Å². The summed E-state index contributed by atoms with van der Waals surface area (Å²) in [6.45, 7) is 1.05. The lowest BCUT2D eigenvalue weighted by Gasteiger charge is -2.20. The maximum Gasteiger partial charge on any atom is 0.259 e. The first-order valence-corrected chi connectivity index (χ1v) is 5.98. The van der Waals surface area contributed by atoms with Crippen molar-refractivity contribution in [3.63, 3.8) is 0 Å². The van der Waals surface area contributed by atoms with Gasteiger partial charge in [-0.3, -0.25) is 4.79 Å². The normalized spacial score (nSPS) is 38.9. The molecule has 3 N–H and O–H groups in total. The van der Waals surface area contributed by atoms with Crippen LogP contribution in [0.5, 0.6) is 0 Å². The highest BCUT2D eigenvalue weighted by molar-refractivity contribution is 5.85. The molecule has 2 rings (SSSR count). The number of amides is 1. The van der Waals surface area contributed by atoms with Crippen LogP contribution in [0.1, 0.15) is 25.7 Å². The molecular formula is C11H19FN2O2. The van der Waals surface area contributed by atoms with Crippen LogP contribution in [-0.4, -0.2) is 42.4 Å². The molecule has 2 fully saturated rings. The minimum atomic E-state index is -1.75. The van der Waals surface area contributed by atoms with Crippen LogP contribution in [0.3, 0.4) is 0 Å². The Kier molecular flexibility index (Phi) is 3.44. The molecule has 2 aliphatic rings. The van der Waals surface area contributed by atoms with Gasteiger partial charge >= 0.3 is 0 Å². The van der Waals surface area contributed by atoms with Crippen LogP contribution in [0.2, 0.25) is 0 Å². The SMILES string of the molecule is O=C(NCC1CCCC1O)C1(F)CCNC1. The number of hydrogen-bond donors (Lipinski definition) is 3. The summed E-state index contributed by atoms with van der Waals surface area (Å²) in [6, 6.07) is 0. The van der Waals surface area contributed by atoms with E-state index in [1.807, 2.05) is 0 Å². The van der Waals surface area contributed by atoms with Gasteiger partial charge in [0.1, 0.15) is 0 Å². The molecule has 0 aromatic carbocycles. The van der Waals surface area contributed by atoms with E-state index >= 15 is 0 Å². The smallest absolute Gasteiger partial charge is 0.259 e. The zero-order chi connectivity index (χ0) is 11.6. The van der Waals surface area contributed by atoms with E-state index in [-0.39, 0.29) is 25.0 Å². The summed E-state index contributed by atoms with van der Waals surface area (Å²) in [7, 11) is 0. The first-order valence-electron chi connectivity index (χ1n) is 5.98. The fourth-order valence-electron chi connectivity index (χ4n) is 2.49. The molecule has 0 aromatic heterocycles. The molecule has 1 saturated carbocycles. The number of carbonyl (C=O) groups is 1. The average Bonchev–Trinajstić information content (AvgIpc) is 2.85. The molecule has 4 nitrogen and oxygen atoms in total. The Hall–Kier alpha value is -0.680. The molecule has 1 amide bonds. The van der Waals surface area contributed by atoms with Crippen molar-refractivity contribution in [1.29, 1.82) is 0 Å². The minimum absolute atomic E-state index is 0.0990. The third-order valence-electron chi connectivity index (χ3n) is 3.65. The van der Waals surface area contributed by atoms with E-state index < -0.39 is 11.6 Å². The van der Waals surface area contributed by atoms with E-state index in [2.05, 4.69) is 10.6 Å². The summed E-state index contributed by atoms with van der Waals surface area (Å²) in [5, 5.41) is 15.0. The summed E-state index contributed by atoms with van der Waals surface area (Å²) in [6.07, 6.45) is 2.61. The molecule has 1 aliphatic carbocycles. The van der Waals surface area contributed by atoms with E-state index in [1.54, 1.807) is 0 Å². The maximum atomic E-state index is 13.9. The van der Waals surface area contributed by atoms with Gasteiger partial charge in [0, 0.05) is 25.4 Å². The number of rotatable bonds is 3. The van der Waals surface area contributed by atoms with Crippen molar-refractivity contribution in [2.45, 2.75) is 37.5 Å². The van der Waals surface area contributed by atoms with Gasteiger partial charge in [0.2, 0.25) is 5.67 Å². The van der Waals surface area contributed by atoms with Crippen LogP contribution in [0.15, 0.2) is 0 Å². The molecule has 16 heavy (non-hydrogen) atoms. The molecule has 0 radical (unpaired) electrons. The van der Waals surface area contributed by atoms with Crippen molar-refractivity contribution in [3.8, 4) is 0 Å². The monoisotopic (exact) mass is 230 g/mol. The predicted octanol–water partition coefficient (Wildman–Crippen LogP) is -0.0348. The standard InChI is InChI=1S/C11H19FN2O2/c12-11(4-5-13-7-11)10(16)14-6-8-2-1-3-9(8)15/h8-9,13,15H,1-7H2,(H,14,16). The largest absolute Gasteiger partial charge is 0.393 e. The lowest BCUT2D eigenvalue weighted by Crippen LogP contribution is -2.46. The number of aliphatic hydroxyl groups is 1. The Morgan fingerprint density at radius 2 is 2.38 bits per heavy atom. The number of aliphatic hydroxyl groups excluding tert-OH is 1. The third kappa shape index (κ3) is 2.35. The zero-order valence-electron chi connectivity index (χ0n) is 9.34. The molecule has 5 heteroatoms. The third-order valence-corrected chi connectivity index (χ3v) is 3.65. The zero-order valence-corrected chi connectivity index (χ0v) is 9.34. The van der Waals surface area contributed by atoms with E-state index in [4.69, 9.17) is 0 Å². The number of halogens is 1. The highest BCUT2D eigenvalue weighted by Crippen LogP contribution is 2.25. The first kappa shape index (κ1) is 11.8. The summed E-state index contributed by atoms with van der Waals surface area (Å²) in [4.78, 5) is 11.6. The van der Waals surface area contributed by atoms with E-state index in [0.717, 1.165) is 19.3 Å². The molecule has 0 aromatic rings. The fourth-order valence-corrected chi connectivity index (χ4v) is 2.49. The molecule has 3 atom stereocenters. The van der Waals surface area contributed by atoms with E-state index in [1.165, 1.54) is 0 Å².